The molecule has 7 nitrogen and oxygen atoms in total. The number of halogens is 3. The monoisotopic (exact) mass is 706 g/mol. The molecule has 11 heteroatoms. The van der Waals surface area contributed by atoms with Gasteiger partial charge in [-0.3, -0.25) is 9.35 Å². The minimum Gasteiger partial charge on any atom is -0.464 e. The summed E-state index contributed by atoms with van der Waals surface area (Å²) in [6.45, 7) is -0.283. The van der Waals surface area contributed by atoms with Crippen molar-refractivity contribution in [2.75, 3.05) is 19.0 Å². The number of hydrogen-bond acceptors (Lipinski definition) is 6. The van der Waals surface area contributed by atoms with Gasteiger partial charge in [-0.15, -0.1) is 0 Å². The van der Waals surface area contributed by atoms with E-state index in [0.717, 1.165) is 10.7 Å². The molecule has 1 saturated carbocycles. The summed E-state index contributed by atoms with van der Waals surface area (Å²) < 4.78 is 42.5. The molecule has 0 radical (unpaired) electrons. The van der Waals surface area contributed by atoms with Crippen molar-refractivity contribution in [1.82, 2.24) is 0 Å². The van der Waals surface area contributed by atoms with Crippen molar-refractivity contribution in [3.05, 3.63) is 28.4 Å². The molecule has 0 spiro atoms. The molecule has 2 atom stereocenters. The van der Waals surface area contributed by atoms with Gasteiger partial charge in [0, 0.05) is 16.6 Å². The Labute approximate surface area is 185 Å². The molecule has 2 rings (SSSR count). The van der Waals surface area contributed by atoms with Crippen LogP contribution in [0.4, 0.5) is 0 Å². The van der Waals surface area contributed by atoms with E-state index < -0.39 is 33.7 Å². The topological polar surface area (TPSA) is 107 Å². The fourth-order valence-electron chi connectivity index (χ4n) is 2.04. The molecule has 0 saturated heterocycles. The quantitative estimate of drug-likeness (QED) is 0.201. The first-order valence-corrected chi connectivity index (χ1v) is 11.9. The number of hydrogen-bond donors (Lipinski definition) is 1. The Kier molecular flexibility index (Phi) is 7.73. The van der Waals surface area contributed by atoms with E-state index in [9.17, 15) is 18.0 Å². The zero-order valence-electron chi connectivity index (χ0n) is 12.6. The van der Waals surface area contributed by atoms with Gasteiger partial charge < -0.3 is 9.47 Å². The maximum absolute atomic E-state index is 12.2. The Hall–Kier alpha value is 0.260. The SMILES string of the molecule is O=C(OCC1CC1C(=O)OCCS(=O)(=O)O)c1cc(I)cc(I)c1I. The first kappa shape index (κ1) is 21.6. The van der Waals surface area contributed by atoms with Crippen molar-refractivity contribution in [3.63, 3.8) is 0 Å². The largest absolute Gasteiger partial charge is 0.464 e. The molecule has 1 aliphatic carbocycles. The van der Waals surface area contributed by atoms with Crippen LogP contribution in [0.5, 0.6) is 0 Å². The highest BCUT2D eigenvalue weighted by Gasteiger charge is 2.45. The summed E-state index contributed by atoms with van der Waals surface area (Å²) in [7, 11) is -4.15. The fourth-order valence-corrected chi connectivity index (χ4v) is 4.71. The van der Waals surface area contributed by atoms with Crippen LogP contribution in [0.1, 0.15) is 16.8 Å². The molecular formula is C14H13I3O7S. The smallest absolute Gasteiger partial charge is 0.339 e. The molecular weight excluding hydrogens is 693 g/mol. The minimum absolute atomic E-state index is 0.106. The Morgan fingerprint density at radius 2 is 1.88 bits per heavy atom. The third kappa shape index (κ3) is 6.73. The van der Waals surface area contributed by atoms with E-state index in [1.54, 1.807) is 6.07 Å². The van der Waals surface area contributed by atoms with Crippen LogP contribution in [0.25, 0.3) is 0 Å². The molecule has 0 bridgehead atoms. The Balaban J connectivity index is 1.80. The van der Waals surface area contributed by atoms with Crippen molar-refractivity contribution < 1.29 is 32.0 Å². The predicted molar refractivity (Wildman–Crippen MR) is 114 cm³/mol. The lowest BCUT2D eigenvalue weighted by Crippen LogP contribution is -2.17. The Morgan fingerprint density at radius 1 is 1.20 bits per heavy atom. The number of carbonyl (C=O) groups is 2. The molecule has 0 aromatic heterocycles. The van der Waals surface area contributed by atoms with Gasteiger partial charge in [-0.25, -0.2) is 4.79 Å². The average molecular weight is 706 g/mol. The maximum Gasteiger partial charge on any atom is 0.339 e. The molecule has 1 aromatic rings. The van der Waals surface area contributed by atoms with Crippen LogP contribution in [-0.2, 0) is 24.4 Å². The van der Waals surface area contributed by atoms with E-state index in [4.69, 9.17) is 14.0 Å². The number of benzene rings is 1. The van der Waals surface area contributed by atoms with Crippen molar-refractivity contribution >= 4 is 89.8 Å². The summed E-state index contributed by atoms with van der Waals surface area (Å²) in [5.41, 5.74) is 0.491. The molecule has 1 aliphatic rings. The first-order chi connectivity index (χ1) is 11.6. The van der Waals surface area contributed by atoms with E-state index in [1.165, 1.54) is 0 Å². The van der Waals surface area contributed by atoms with Crippen LogP contribution in [0.15, 0.2) is 12.1 Å². The van der Waals surface area contributed by atoms with Gasteiger partial charge in [-0.2, -0.15) is 8.42 Å². The zero-order valence-corrected chi connectivity index (χ0v) is 19.9. The lowest BCUT2D eigenvalue weighted by molar-refractivity contribution is -0.145. The second-order valence-electron chi connectivity index (χ2n) is 5.40. The maximum atomic E-state index is 12.2. The van der Waals surface area contributed by atoms with Crippen molar-refractivity contribution in [2.24, 2.45) is 11.8 Å². The number of ether oxygens (including phenoxy) is 2. The fraction of sp³-hybridized carbons (Fsp3) is 0.429. The molecule has 1 aromatic carbocycles. The predicted octanol–water partition coefficient (Wildman–Crippen LogP) is 2.72. The number of carbonyl (C=O) groups excluding carboxylic acids is 2. The molecule has 1 fully saturated rings. The molecule has 0 amide bonds. The Bertz CT molecular complexity index is 794. The van der Waals surface area contributed by atoms with Gasteiger partial charge in [-0.05, 0) is 86.3 Å². The van der Waals surface area contributed by atoms with E-state index in [-0.39, 0.29) is 19.1 Å². The molecule has 138 valence electrons. The number of esters is 2. The van der Waals surface area contributed by atoms with Crippen LogP contribution < -0.4 is 0 Å². The molecule has 25 heavy (non-hydrogen) atoms. The highest BCUT2D eigenvalue weighted by molar-refractivity contribution is 14.1. The van der Waals surface area contributed by atoms with Gasteiger partial charge in [0.2, 0.25) is 0 Å². The second kappa shape index (κ2) is 8.97. The molecule has 1 N–H and O–H groups in total. The highest BCUT2D eigenvalue weighted by atomic mass is 127. The third-order valence-corrected chi connectivity index (χ3v) is 7.80. The Morgan fingerprint density at radius 3 is 2.52 bits per heavy atom. The van der Waals surface area contributed by atoms with Gasteiger partial charge in [-0.1, -0.05) is 0 Å². The lowest BCUT2D eigenvalue weighted by Gasteiger charge is -2.08. The van der Waals surface area contributed by atoms with Gasteiger partial charge in [0.05, 0.1) is 18.1 Å². The van der Waals surface area contributed by atoms with Crippen LogP contribution >= 0.6 is 67.8 Å². The third-order valence-electron chi connectivity index (χ3n) is 3.45. The van der Waals surface area contributed by atoms with Crippen LogP contribution in [0.2, 0.25) is 0 Å². The minimum atomic E-state index is -4.15. The zero-order chi connectivity index (χ0) is 18.8. The first-order valence-electron chi connectivity index (χ1n) is 7.02. The van der Waals surface area contributed by atoms with Gasteiger partial charge in [0.1, 0.15) is 12.4 Å². The normalized spacial score (nSPS) is 19.4. The standard InChI is InChI=1S/C14H13I3O7S/c15-8-4-10(12(17)11(16)5-8)14(19)24-6-7-3-9(7)13(18)23-1-2-25(20,21)22/h4-5,7,9H,1-3,6H2,(H,20,21,22). The summed E-state index contributed by atoms with van der Waals surface area (Å²) in [5, 5.41) is 0. The van der Waals surface area contributed by atoms with Crippen molar-refractivity contribution in [2.45, 2.75) is 6.42 Å². The van der Waals surface area contributed by atoms with Gasteiger partial charge in [0.15, 0.2) is 0 Å². The highest BCUT2D eigenvalue weighted by Crippen LogP contribution is 2.39. The van der Waals surface area contributed by atoms with Crippen LogP contribution in [-0.4, -0.2) is 43.9 Å². The molecule has 0 heterocycles. The second-order valence-corrected chi connectivity index (χ2v) is 10.5. The number of rotatable bonds is 7. The summed E-state index contributed by atoms with van der Waals surface area (Å²) in [4.78, 5) is 23.9. The summed E-state index contributed by atoms with van der Waals surface area (Å²) >= 11 is 6.37. The van der Waals surface area contributed by atoms with E-state index >= 15 is 0 Å². The van der Waals surface area contributed by atoms with E-state index in [0.29, 0.717) is 12.0 Å². The van der Waals surface area contributed by atoms with Crippen LogP contribution in [0.3, 0.4) is 0 Å². The van der Waals surface area contributed by atoms with Crippen molar-refractivity contribution in [1.29, 1.82) is 0 Å². The summed E-state index contributed by atoms with van der Waals surface area (Å²) in [6, 6.07) is 3.71. The van der Waals surface area contributed by atoms with E-state index in [2.05, 4.69) is 67.8 Å². The van der Waals surface area contributed by atoms with Crippen LogP contribution in [0, 0.1) is 22.5 Å². The lowest BCUT2D eigenvalue weighted by atomic mass is 10.2. The van der Waals surface area contributed by atoms with Gasteiger partial charge in [0.25, 0.3) is 10.1 Å². The molecule has 0 aliphatic heterocycles. The molecule has 2 unspecified atom stereocenters. The van der Waals surface area contributed by atoms with Gasteiger partial charge >= 0.3 is 11.9 Å². The average Bonchev–Trinajstić information content (AvgIpc) is 3.26. The van der Waals surface area contributed by atoms with E-state index in [1.807, 2.05) is 6.07 Å². The summed E-state index contributed by atoms with van der Waals surface area (Å²) in [5.74, 6) is -2.13. The van der Waals surface area contributed by atoms with Crippen molar-refractivity contribution in [3.8, 4) is 0 Å². The summed E-state index contributed by atoms with van der Waals surface area (Å²) in [6.07, 6.45) is 0.527.